The second-order valence-corrected chi connectivity index (χ2v) is 2.54. The van der Waals surface area contributed by atoms with Gasteiger partial charge in [0.15, 0.2) is 6.10 Å². The highest BCUT2D eigenvalue weighted by Gasteiger charge is 2.19. The summed E-state index contributed by atoms with van der Waals surface area (Å²) < 4.78 is 4.48. The van der Waals surface area contributed by atoms with Gasteiger partial charge in [-0.3, -0.25) is 4.79 Å². The van der Waals surface area contributed by atoms with Crippen molar-refractivity contribution in [2.45, 2.75) is 25.6 Å². The largest absolute Gasteiger partial charge is 0.481 e. The number of aliphatic hydroxyl groups is 2. The lowest BCUT2D eigenvalue weighted by molar-refractivity contribution is -0.162. The summed E-state index contributed by atoms with van der Waals surface area (Å²) in [6, 6.07) is 0. The number of aliphatic hydroxyl groups excluding tert-OH is 2. The first-order valence-corrected chi connectivity index (χ1v) is 3.68. The molecule has 0 saturated heterocycles. The Morgan fingerprint density at radius 2 is 2.00 bits per heavy atom. The first-order chi connectivity index (χ1) is 5.97. The molecule has 0 aliphatic rings. The van der Waals surface area contributed by atoms with E-state index in [0.29, 0.717) is 0 Å². The molecule has 76 valence electrons. The Labute approximate surface area is 74.7 Å². The Hall–Kier alpha value is -1.14. The van der Waals surface area contributed by atoms with Gasteiger partial charge in [-0.1, -0.05) is 0 Å². The Morgan fingerprint density at radius 3 is 2.38 bits per heavy atom. The average Bonchev–Trinajstić information content (AvgIpc) is 2.01. The molecule has 13 heavy (non-hydrogen) atoms. The van der Waals surface area contributed by atoms with Gasteiger partial charge >= 0.3 is 11.9 Å². The summed E-state index contributed by atoms with van der Waals surface area (Å²) >= 11 is 0. The van der Waals surface area contributed by atoms with Crippen molar-refractivity contribution in [2.24, 2.45) is 0 Å². The molecule has 2 atom stereocenters. The number of carbonyl (C=O) groups is 2. The summed E-state index contributed by atoms with van der Waals surface area (Å²) in [6.07, 6.45) is -2.74. The van der Waals surface area contributed by atoms with Gasteiger partial charge in [-0.25, -0.2) is 4.79 Å². The Balaban J connectivity index is 3.84. The van der Waals surface area contributed by atoms with Gasteiger partial charge in [0.1, 0.15) is 6.10 Å². The molecule has 6 heteroatoms. The van der Waals surface area contributed by atoms with E-state index >= 15 is 0 Å². The Bertz CT molecular complexity index is 189. The third-order valence-corrected chi connectivity index (χ3v) is 1.22. The van der Waals surface area contributed by atoms with E-state index in [1.807, 2.05) is 0 Å². The van der Waals surface area contributed by atoms with Crippen LogP contribution >= 0.6 is 0 Å². The van der Waals surface area contributed by atoms with E-state index in [4.69, 9.17) is 15.3 Å². The third-order valence-electron chi connectivity index (χ3n) is 1.22. The molecule has 0 radical (unpaired) electrons. The molecule has 0 bridgehead atoms. The molecular weight excluding hydrogens is 180 g/mol. The molecule has 6 nitrogen and oxygen atoms in total. The smallest absolute Gasteiger partial charge is 0.337 e. The van der Waals surface area contributed by atoms with E-state index in [1.54, 1.807) is 0 Å². The van der Waals surface area contributed by atoms with Crippen LogP contribution < -0.4 is 0 Å². The van der Waals surface area contributed by atoms with Gasteiger partial charge in [0.2, 0.25) is 0 Å². The van der Waals surface area contributed by atoms with E-state index in [9.17, 15) is 9.59 Å². The average molecular weight is 192 g/mol. The van der Waals surface area contributed by atoms with Gasteiger partial charge in [0, 0.05) is 0 Å². The van der Waals surface area contributed by atoms with Crippen molar-refractivity contribution in [3.05, 3.63) is 0 Å². The fourth-order valence-corrected chi connectivity index (χ4v) is 0.639. The van der Waals surface area contributed by atoms with E-state index < -0.39 is 30.8 Å². The lowest BCUT2D eigenvalue weighted by Crippen LogP contribution is -2.30. The summed E-state index contributed by atoms with van der Waals surface area (Å²) in [5.41, 5.74) is 0. The minimum atomic E-state index is -1.60. The molecule has 0 spiro atoms. The highest BCUT2D eigenvalue weighted by Crippen LogP contribution is 1.99. The minimum absolute atomic E-state index is 0.329. The topological polar surface area (TPSA) is 104 Å². The van der Waals surface area contributed by atoms with Crippen molar-refractivity contribution in [1.82, 2.24) is 0 Å². The molecule has 0 saturated carbocycles. The Morgan fingerprint density at radius 1 is 1.46 bits per heavy atom. The zero-order valence-corrected chi connectivity index (χ0v) is 7.14. The van der Waals surface area contributed by atoms with Crippen LogP contribution in [-0.4, -0.2) is 46.1 Å². The SMILES string of the molecule is CC(CC(=O)O)OC(=O)C(O)CO. The molecule has 3 N–H and O–H groups in total. The molecule has 0 aliphatic heterocycles. The number of ether oxygens (including phenoxy) is 1. The van der Waals surface area contributed by atoms with Crippen molar-refractivity contribution < 1.29 is 29.6 Å². The number of carbonyl (C=O) groups excluding carboxylic acids is 1. The summed E-state index contributed by atoms with van der Waals surface area (Å²) in [4.78, 5) is 20.9. The normalized spacial score (nSPS) is 14.7. The molecule has 0 amide bonds. The van der Waals surface area contributed by atoms with Gasteiger partial charge in [0.05, 0.1) is 13.0 Å². The molecule has 0 aromatic carbocycles. The Kier molecular flexibility index (Phi) is 5.01. The molecule has 0 heterocycles. The van der Waals surface area contributed by atoms with Crippen molar-refractivity contribution in [3.8, 4) is 0 Å². The highest BCUT2D eigenvalue weighted by molar-refractivity contribution is 5.75. The predicted molar refractivity (Wildman–Crippen MR) is 40.9 cm³/mol. The van der Waals surface area contributed by atoms with E-state index in [0.717, 1.165) is 0 Å². The quantitative estimate of drug-likeness (QED) is 0.470. The van der Waals surface area contributed by atoms with Crippen LogP contribution in [0.15, 0.2) is 0 Å². The fraction of sp³-hybridized carbons (Fsp3) is 0.714. The number of carboxylic acids is 1. The van der Waals surface area contributed by atoms with Crippen LogP contribution in [0.3, 0.4) is 0 Å². The zero-order valence-electron chi connectivity index (χ0n) is 7.14. The molecule has 2 unspecified atom stereocenters. The molecule has 0 aliphatic carbocycles. The van der Waals surface area contributed by atoms with Crippen LogP contribution in [0.2, 0.25) is 0 Å². The van der Waals surface area contributed by atoms with Gasteiger partial charge < -0.3 is 20.1 Å². The van der Waals surface area contributed by atoms with Gasteiger partial charge in [-0.15, -0.1) is 0 Å². The maximum atomic E-state index is 10.7. The fourth-order valence-electron chi connectivity index (χ4n) is 0.639. The number of esters is 1. The molecule has 0 fully saturated rings. The third kappa shape index (κ3) is 5.15. The zero-order chi connectivity index (χ0) is 10.4. The standard InChI is InChI=1S/C7H12O6/c1-4(2-6(10)11)13-7(12)5(9)3-8/h4-5,8-9H,2-3H2,1H3,(H,10,11). The molecule has 0 aromatic rings. The van der Waals surface area contributed by atoms with Gasteiger partial charge in [-0.2, -0.15) is 0 Å². The maximum absolute atomic E-state index is 10.7. The summed E-state index contributed by atoms with van der Waals surface area (Å²) in [5.74, 6) is -2.12. The lowest BCUT2D eigenvalue weighted by atomic mass is 10.3. The van der Waals surface area contributed by atoms with Gasteiger partial charge in [0.25, 0.3) is 0 Å². The number of carboxylic acid groups (broad SMARTS) is 1. The van der Waals surface area contributed by atoms with Crippen LogP contribution in [0.5, 0.6) is 0 Å². The molecular formula is C7H12O6. The predicted octanol–water partition coefficient (Wildman–Crippen LogP) is -1.25. The maximum Gasteiger partial charge on any atom is 0.337 e. The van der Waals surface area contributed by atoms with Crippen LogP contribution in [0, 0.1) is 0 Å². The number of rotatable bonds is 5. The van der Waals surface area contributed by atoms with Crippen molar-refractivity contribution in [3.63, 3.8) is 0 Å². The lowest BCUT2D eigenvalue weighted by Gasteiger charge is -2.12. The second kappa shape index (κ2) is 5.50. The molecule has 0 rings (SSSR count). The summed E-state index contributed by atoms with van der Waals surface area (Å²) in [6.45, 7) is 0.648. The van der Waals surface area contributed by atoms with E-state index in [-0.39, 0.29) is 6.42 Å². The van der Waals surface area contributed by atoms with Crippen LogP contribution in [-0.2, 0) is 14.3 Å². The molecule has 0 aromatic heterocycles. The van der Waals surface area contributed by atoms with E-state index in [2.05, 4.69) is 4.74 Å². The second-order valence-electron chi connectivity index (χ2n) is 2.54. The first-order valence-electron chi connectivity index (χ1n) is 3.68. The number of hydrogen-bond acceptors (Lipinski definition) is 5. The number of hydrogen-bond donors (Lipinski definition) is 3. The van der Waals surface area contributed by atoms with Crippen LogP contribution in [0.4, 0.5) is 0 Å². The van der Waals surface area contributed by atoms with Gasteiger partial charge in [-0.05, 0) is 6.92 Å². The van der Waals surface area contributed by atoms with Crippen molar-refractivity contribution in [1.29, 1.82) is 0 Å². The summed E-state index contributed by atoms with van der Waals surface area (Å²) in [7, 11) is 0. The minimum Gasteiger partial charge on any atom is -0.481 e. The monoisotopic (exact) mass is 192 g/mol. The van der Waals surface area contributed by atoms with Crippen molar-refractivity contribution >= 4 is 11.9 Å². The first kappa shape index (κ1) is 11.9. The highest BCUT2D eigenvalue weighted by atomic mass is 16.6. The summed E-state index contributed by atoms with van der Waals surface area (Å²) in [5, 5.41) is 25.4. The van der Waals surface area contributed by atoms with Crippen molar-refractivity contribution in [2.75, 3.05) is 6.61 Å². The van der Waals surface area contributed by atoms with Crippen LogP contribution in [0.25, 0.3) is 0 Å². The van der Waals surface area contributed by atoms with E-state index in [1.165, 1.54) is 6.92 Å². The number of aliphatic carboxylic acids is 1. The van der Waals surface area contributed by atoms with Crippen LogP contribution in [0.1, 0.15) is 13.3 Å².